The van der Waals surface area contributed by atoms with E-state index in [4.69, 9.17) is 16.3 Å². The number of aliphatic hydroxyl groups is 1. The first kappa shape index (κ1) is 13.8. The first-order valence-corrected chi connectivity index (χ1v) is 6.29. The summed E-state index contributed by atoms with van der Waals surface area (Å²) in [5.41, 5.74) is 1.35. The minimum atomic E-state index is -0.554. The Hall–Kier alpha value is -1.58. The number of ether oxygens (including phenoxy) is 1. The van der Waals surface area contributed by atoms with Crippen LogP contribution in [0.5, 0.6) is 5.75 Å². The fourth-order valence-electron chi connectivity index (χ4n) is 1.69. The van der Waals surface area contributed by atoms with E-state index in [1.165, 1.54) is 6.07 Å². The molecule has 0 aromatic heterocycles. The van der Waals surface area contributed by atoms with Crippen LogP contribution in [-0.2, 0) is 6.61 Å². The second-order valence-electron chi connectivity index (χ2n) is 4.25. The van der Waals surface area contributed by atoms with Gasteiger partial charge in [0.05, 0.1) is 11.1 Å². The molecule has 4 heteroatoms. The van der Waals surface area contributed by atoms with Crippen LogP contribution in [0.15, 0.2) is 42.5 Å². The SMILES string of the molecule is CC(O)c1cccc(OCc2cccc(F)c2Cl)c1. The molecule has 0 heterocycles. The summed E-state index contributed by atoms with van der Waals surface area (Å²) in [7, 11) is 0. The van der Waals surface area contributed by atoms with Crippen LogP contribution in [0.2, 0.25) is 5.02 Å². The number of rotatable bonds is 4. The lowest BCUT2D eigenvalue weighted by Crippen LogP contribution is -1.98. The average Bonchev–Trinajstić information content (AvgIpc) is 2.41. The third-order valence-corrected chi connectivity index (χ3v) is 3.19. The molecular formula is C15H14ClFO2. The van der Waals surface area contributed by atoms with Crippen molar-refractivity contribution in [3.05, 3.63) is 64.4 Å². The molecule has 1 atom stereocenters. The fourth-order valence-corrected chi connectivity index (χ4v) is 1.87. The molecule has 0 aliphatic carbocycles. The van der Waals surface area contributed by atoms with Gasteiger partial charge < -0.3 is 9.84 Å². The van der Waals surface area contributed by atoms with E-state index in [1.807, 2.05) is 6.07 Å². The van der Waals surface area contributed by atoms with Gasteiger partial charge in [-0.1, -0.05) is 35.9 Å². The van der Waals surface area contributed by atoms with Crippen LogP contribution in [0.3, 0.4) is 0 Å². The van der Waals surface area contributed by atoms with Gasteiger partial charge in [-0.2, -0.15) is 0 Å². The van der Waals surface area contributed by atoms with Crippen molar-refractivity contribution in [3.8, 4) is 5.75 Å². The van der Waals surface area contributed by atoms with E-state index in [9.17, 15) is 9.50 Å². The third-order valence-electron chi connectivity index (χ3n) is 2.77. The maximum absolute atomic E-state index is 13.3. The molecule has 0 amide bonds. The molecule has 1 unspecified atom stereocenters. The summed E-state index contributed by atoms with van der Waals surface area (Å²) in [5, 5.41) is 9.57. The molecule has 0 aliphatic rings. The minimum Gasteiger partial charge on any atom is -0.489 e. The maximum Gasteiger partial charge on any atom is 0.142 e. The predicted molar refractivity (Wildman–Crippen MR) is 72.8 cm³/mol. The Labute approximate surface area is 116 Å². The lowest BCUT2D eigenvalue weighted by atomic mass is 10.1. The monoisotopic (exact) mass is 280 g/mol. The highest BCUT2D eigenvalue weighted by Gasteiger charge is 2.07. The van der Waals surface area contributed by atoms with Gasteiger partial charge in [-0.15, -0.1) is 0 Å². The summed E-state index contributed by atoms with van der Waals surface area (Å²) >= 11 is 5.85. The Bertz CT molecular complexity index is 570. The number of benzene rings is 2. The van der Waals surface area contributed by atoms with E-state index >= 15 is 0 Å². The van der Waals surface area contributed by atoms with E-state index in [2.05, 4.69) is 0 Å². The zero-order chi connectivity index (χ0) is 13.8. The highest BCUT2D eigenvalue weighted by Crippen LogP contribution is 2.23. The quantitative estimate of drug-likeness (QED) is 0.913. The average molecular weight is 281 g/mol. The van der Waals surface area contributed by atoms with Crippen molar-refractivity contribution in [1.29, 1.82) is 0 Å². The smallest absolute Gasteiger partial charge is 0.142 e. The van der Waals surface area contributed by atoms with Gasteiger partial charge in [0.1, 0.15) is 18.2 Å². The van der Waals surface area contributed by atoms with Crippen LogP contribution in [0.4, 0.5) is 4.39 Å². The van der Waals surface area contributed by atoms with Crippen molar-refractivity contribution in [2.75, 3.05) is 0 Å². The van der Waals surface area contributed by atoms with E-state index in [0.717, 1.165) is 5.56 Å². The molecule has 2 nitrogen and oxygen atoms in total. The number of hydrogen-bond donors (Lipinski definition) is 1. The highest BCUT2D eigenvalue weighted by molar-refractivity contribution is 6.31. The minimum absolute atomic E-state index is 0.0779. The summed E-state index contributed by atoms with van der Waals surface area (Å²) in [6.07, 6.45) is -0.554. The molecule has 0 bridgehead atoms. The van der Waals surface area contributed by atoms with Gasteiger partial charge in [0, 0.05) is 5.56 Å². The second-order valence-corrected chi connectivity index (χ2v) is 4.63. The van der Waals surface area contributed by atoms with Crippen LogP contribution in [-0.4, -0.2) is 5.11 Å². The topological polar surface area (TPSA) is 29.5 Å². The van der Waals surface area contributed by atoms with Gasteiger partial charge in [0.25, 0.3) is 0 Å². The molecule has 2 aromatic carbocycles. The molecule has 0 spiro atoms. The van der Waals surface area contributed by atoms with Gasteiger partial charge >= 0.3 is 0 Å². The van der Waals surface area contributed by atoms with Crippen molar-refractivity contribution in [3.63, 3.8) is 0 Å². The highest BCUT2D eigenvalue weighted by atomic mass is 35.5. The Balaban J connectivity index is 2.10. The van der Waals surface area contributed by atoms with Gasteiger partial charge in [-0.05, 0) is 30.7 Å². The van der Waals surface area contributed by atoms with Crippen LogP contribution in [0.25, 0.3) is 0 Å². The molecular weight excluding hydrogens is 267 g/mol. The van der Waals surface area contributed by atoms with Gasteiger partial charge in [0.2, 0.25) is 0 Å². The van der Waals surface area contributed by atoms with E-state index in [-0.39, 0.29) is 11.6 Å². The van der Waals surface area contributed by atoms with Crippen molar-refractivity contribution in [2.24, 2.45) is 0 Å². The zero-order valence-electron chi connectivity index (χ0n) is 10.4. The molecule has 2 rings (SSSR count). The predicted octanol–water partition coefficient (Wildman–Crippen LogP) is 4.11. The number of halogens is 2. The normalized spacial score (nSPS) is 12.2. The maximum atomic E-state index is 13.3. The van der Waals surface area contributed by atoms with Crippen LogP contribution < -0.4 is 4.74 Å². The summed E-state index contributed by atoms with van der Waals surface area (Å²) in [4.78, 5) is 0. The largest absolute Gasteiger partial charge is 0.489 e. The Morgan fingerprint density at radius 3 is 2.74 bits per heavy atom. The molecule has 1 N–H and O–H groups in total. The van der Waals surface area contributed by atoms with Gasteiger partial charge in [-0.3, -0.25) is 0 Å². The lowest BCUT2D eigenvalue weighted by molar-refractivity contribution is 0.198. The molecule has 100 valence electrons. The summed E-state index contributed by atoms with van der Waals surface area (Å²) < 4.78 is 18.8. The standard InChI is InChI=1S/C15H14ClFO2/c1-10(18)11-4-2-6-13(8-11)19-9-12-5-3-7-14(17)15(12)16/h2-8,10,18H,9H2,1H3. The zero-order valence-corrected chi connectivity index (χ0v) is 11.2. The Morgan fingerprint density at radius 2 is 2.00 bits per heavy atom. The molecule has 0 fully saturated rings. The van der Waals surface area contributed by atoms with Crippen molar-refractivity contribution in [1.82, 2.24) is 0 Å². The summed E-state index contributed by atoms with van der Waals surface area (Å²) in [5.74, 6) is 0.152. The first-order valence-electron chi connectivity index (χ1n) is 5.91. The number of hydrogen-bond acceptors (Lipinski definition) is 2. The molecule has 0 aliphatic heterocycles. The van der Waals surface area contributed by atoms with Crippen LogP contribution >= 0.6 is 11.6 Å². The van der Waals surface area contributed by atoms with E-state index < -0.39 is 11.9 Å². The molecule has 2 aromatic rings. The van der Waals surface area contributed by atoms with Gasteiger partial charge in [0.15, 0.2) is 0 Å². The van der Waals surface area contributed by atoms with E-state index in [1.54, 1.807) is 37.3 Å². The molecule has 0 saturated carbocycles. The van der Waals surface area contributed by atoms with Crippen molar-refractivity contribution in [2.45, 2.75) is 19.6 Å². The summed E-state index contributed by atoms with van der Waals surface area (Å²) in [6.45, 7) is 1.86. The summed E-state index contributed by atoms with van der Waals surface area (Å²) in [6, 6.07) is 11.7. The fraction of sp³-hybridized carbons (Fsp3) is 0.200. The van der Waals surface area contributed by atoms with E-state index in [0.29, 0.717) is 11.3 Å². The van der Waals surface area contributed by atoms with Gasteiger partial charge in [-0.25, -0.2) is 4.39 Å². The third kappa shape index (κ3) is 3.46. The Kier molecular flexibility index (Phi) is 4.40. The number of aliphatic hydroxyl groups excluding tert-OH is 1. The Morgan fingerprint density at radius 1 is 1.26 bits per heavy atom. The second kappa shape index (κ2) is 6.04. The van der Waals surface area contributed by atoms with Crippen molar-refractivity contribution < 1.29 is 14.2 Å². The van der Waals surface area contributed by atoms with Crippen molar-refractivity contribution >= 4 is 11.6 Å². The van der Waals surface area contributed by atoms with Crippen LogP contribution in [0, 0.1) is 5.82 Å². The molecule has 19 heavy (non-hydrogen) atoms. The lowest BCUT2D eigenvalue weighted by Gasteiger charge is -2.10. The van der Waals surface area contributed by atoms with Crippen LogP contribution in [0.1, 0.15) is 24.2 Å². The molecule has 0 radical (unpaired) electrons. The first-order chi connectivity index (χ1) is 9.08. The molecule has 0 saturated heterocycles.